The highest BCUT2D eigenvalue weighted by molar-refractivity contribution is 6.06. The molecule has 6 nitrogen and oxygen atoms in total. The maximum Gasteiger partial charge on any atom is 0.257 e. The largest absolute Gasteiger partial charge is 0.332 e. The second-order valence-electron chi connectivity index (χ2n) is 6.52. The average Bonchev–Trinajstić information content (AvgIpc) is 2.75. The van der Waals surface area contributed by atoms with E-state index in [1.54, 1.807) is 37.3 Å². The number of fused-ring (bicyclic) bond motifs is 1. The van der Waals surface area contributed by atoms with Crippen LogP contribution >= 0.6 is 0 Å². The normalized spacial score (nSPS) is 16.2. The Balaban J connectivity index is 1.83. The van der Waals surface area contributed by atoms with Gasteiger partial charge in [0.05, 0.1) is 16.9 Å². The van der Waals surface area contributed by atoms with Crippen LogP contribution in [-0.2, 0) is 9.59 Å². The molecule has 7 heteroatoms. The summed E-state index contributed by atoms with van der Waals surface area (Å²) < 4.78 is 13.9. The van der Waals surface area contributed by atoms with Gasteiger partial charge in [0.25, 0.3) is 5.91 Å². The molecule has 0 saturated heterocycles. The van der Waals surface area contributed by atoms with Crippen LogP contribution in [0.25, 0.3) is 0 Å². The van der Waals surface area contributed by atoms with Crippen molar-refractivity contribution in [3.63, 3.8) is 0 Å². The molecule has 0 aromatic heterocycles. The number of carbonyl (C=O) groups excluding carboxylic acids is 3. The van der Waals surface area contributed by atoms with Crippen LogP contribution in [0.1, 0.15) is 23.7 Å². The molecule has 1 heterocycles. The first-order valence-electron chi connectivity index (χ1n) is 8.59. The number of nitrogens with one attached hydrogen (secondary N) is 1. The Kier molecular flexibility index (Phi) is 5.21. The van der Waals surface area contributed by atoms with Crippen molar-refractivity contribution in [3.8, 4) is 0 Å². The van der Waals surface area contributed by atoms with Gasteiger partial charge in [0, 0.05) is 19.5 Å². The van der Waals surface area contributed by atoms with Gasteiger partial charge in [-0.15, -0.1) is 0 Å². The van der Waals surface area contributed by atoms with Crippen molar-refractivity contribution in [2.24, 2.45) is 0 Å². The number of carbonyl (C=O) groups is 3. The minimum absolute atomic E-state index is 0.0889. The highest BCUT2D eigenvalue weighted by Gasteiger charge is 2.30. The quantitative estimate of drug-likeness (QED) is 0.904. The number of likely N-dealkylation sites (N-methyl/N-ethyl adjacent to an activating group) is 1. The number of para-hydroxylation sites is 2. The standard InChI is InChI=1S/C20H20FN3O3/c1-13-11-18(25)22-16-9-5-6-10-17(16)24(13)19(26)12-23(2)20(27)14-7-3-4-8-15(14)21/h3-10,13H,11-12H2,1-2H3,(H,22,25). The summed E-state index contributed by atoms with van der Waals surface area (Å²) in [6, 6.07) is 12.3. The molecule has 27 heavy (non-hydrogen) atoms. The number of hydrogen-bond acceptors (Lipinski definition) is 3. The Bertz CT molecular complexity index is 900. The molecule has 0 bridgehead atoms. The summed E-state index contributed by atoms with van der Waals surface area (Å²) in [6.45, 7) is 1.54. The molecular formula is C20H20FN3O3. The van der Waals surface area contributed by atoms with Crippen molar-refractivity contribution in [1.29, 1.82) is 0 Å². The van der Waals surface area contributed by atoms with Crippen LogP contribution in [0.2, 0.25) is 0 Å². The number of anilines is 2. The zero-order valence-corrected chi connectivity index (χ0v) is 15.1. The fourth-order valence-electron chi connectivity index (χ4n) is 3.16. The topological polar surface area (TPSA) is 69.7 Å². The van der Waals surface area contributed by atoms with Gasteiger partial charge in [-0.3, -0.25) is 14.4 Å². The van der Waals surface area contributed by atoms with E-state index in [4.69, 9.17) is 0 Å². The lowest BCUT2D eigenvalue weighted by Gasteiger charge is -2.29. The molecule has 3 amide bonds. The van der Waals surface area contributed by atoms with Gasteiger partial charge in [-0.25, -0.2) is 4.39 Å². The average molecular weight is 369 g/mol. The molecule has 0 saturated carbocycles. The van der Waals surface area contributed by atoms with E-state index in [2.05, 4.69) is 5.32 Å². The maximum atomic E-state index is 13.9. The van der Waals surface area contributed by atoms with Crippen LogP contribution in [-0.4, -0.2) is 42.3 Å². The van der Waals surface area contributed by atoms with E-state index in [0.717, 1.165) is 0 Å². The van der Waals surface area contributed by atoms with E-state index >= 15 is 0 Å². The van der Waals surface area contributed by atoms with E-state index in [-0.39, 0.29) is 36.4 Å². The summed E-state index contributed by atoms with van der Waals surface area (Å²) in [7, 11) is 1.45. The smallest absolute Gasteiger partial charge is 0.257 e. The molecule has 1 N–H and O–H groups in total. The first-order valence-corrected chi connectivity index (χ1v) is 8.59. The fraction of sp³-hybridized carbons (Fsp3) is 0.250. The minimum atomic E-state index is -0.634. The van der Waals surface area contributed by atoms with Crippen molar-refractivity contribution >= 4 is 29.1 Å². The summed E-state index contributed by atoms with van der Waals surface area (Å²) in [4.78, 5) is 40.2. The molecule has 1 unspecified atom stereocenters. The van der Waals surface area contributed by atoms with Gasteiger partial charge in [-0.1, -0.05) is 24.3 Å². The number of halogens is 1. The molecule has 1 atom stereocenters. The molecule has 2 aromatic carbocycles. The molecule has 3 rings (SSSR count). The third-order valence-corrected chi connectivity index (χ3v) is 4.45. The van der Waals surface area contributed by atoms with Crippen LogP contribution in [0.3, 0.4) is 0 Å². The maximum absolute atomic E-state index is 13.9. The highest BCUT2D eigenvalue weighted by atomic mass is 19.1. The number of amides is 3. The molecule has 0 spiro atoms. The molecule has 2 aromatic rings. The number of rotatable bonds is 3. The van der Waals surface area contributed by atoms with Crippen LogP contribution in [0, 0.1) is 5.82 Å². The summed E-state index contributed by atoms with van der Waals surface area (Å²) in [5.41, 5.74) is 1.03. The van der Waals surface area contributed by atoms with E-state index in [9.17, 15) is 18.8 Å². The predicted octanol–water partition coefficient (Wildman–Crippen LogP) is 2.66. The van der Waals surface area contributed by atoms with E-state index in [1.807, 2.05) is 0 Å². The van der Waals surface area contributed by atoms with Crippen molar-refractivity contribution < 1.29 is 18.8 Å². The number of benzene rings is 2. The van der Waals surface area contributed by atoms with Crippen LogP contribution in [0.4, 0.5) is 15.8 Å². The van der Waals surface area contributed by atoms with Gasteiger partial charge in [-0.2, -0.15) is 0 Å². The summed E-state index contributed by atoms with van der Waals surface area (Å²) >= 11 is 0. The van der Waals surface area contributed by atoms with Crippen LogP contribution in [0.15, 0.2) is 48.5 Å². The molecule has 1 aliphatic rings. The monoisotopic (exact) mass is 369 g/mol. The zero-order chi connectivity index (χ0) is 19.6. The van der Waals surface area contributed by atoms with Crippen molar-refractivity contribution in [2.75, 3.05) is 23.8 Å². The molecule has 0 aliphatic carbocycles. The Morgan fingerprint density at radius 1 is 1.19 bits per heavy atom. The van der Waals surface area contributed by atoms with E-state index in [1.165, 1.54) is 35.0 Å². The number of nitrogens with zero attached hydrogens (tertiary/aromatic N) is 2. The van der Waals surface area contributed by atoms with E-state index < -0.39 is 11.7 Å². The Labute approximate surface area is 156 Å². The molecule has 140 valence electrons. The second kappa shape index (κ2) is 7.57. The Morgan fingerprint density at radius 3 is 2.59 bits per heavy atom. The van der Waals surface area contributed by atoms with Gasteiger partial charge in [-0.05, 0) is 31.2 Å². The summed E-state index contributed by atoms with van der Waals surface area (Å²) in [5.74, 6) is -1.74. The second-order valence-corrected chi connectivity index (χ2v) is 6.52. The molecule has 0 radical (unpaired) electrons. The first-order chi connectivity index (χ1) is 12.9. The van der Waals surface area contributed by atoms with Gasteiger partial charge in [0.1, 0.15) is 12.4 Å². The van der Waals surface area contributed by atoms with Gasteiger partial charge in [0.15, 0.2) is 0 Å². The van der Waals surface area contributed by atoms with Gasteiger partial charge in [0.2, 0.25) is 11.8 Å². The summed E-state index contributed by atoms with van der Waals surface area (Å²) in [5, 5.41) is 2.78. The fourth-order valence-corrected chi connectivity index (χ4v) is 3.16. The molecule has 1 aliphatic heterocycles. The molecular weight excluding hydrogens is 349 g/mol. The Hall–Kier alpha value is -3.22. The number of hydrogen-bond donors (Lipinski definition) is 1. The van der Waals surface area contributed by atoms with E-state index in [0.29, 0.717) is 11.4 Å². The minimum Gasteiger partial charge on any atom is -0.332 e. The third-order valence-electron chi connectivity index (χ3n) is 4.45. The lowest BCUT2D eigenvalue weighted by Crippen LogP contribution is -2.45. The zero-order valence-electron chi connectivity index (χ0n) is 15.1. The predicted molar refractivity (Wildman–Crippen MR) is 100.0 cm³/mol. The van der Waals surface area contributed by atoms with Crippen LogP contribution < -0.4 is 10.2 Å². The van der Waals surface area contributed by atoms with Gasteiger partial charge < -0.3 is 15.1 Å². The van der Waals surface area contributed by atoms with Crippen LogP contribution in [0.5, 0.6) is 0 Å². The van der Waals surface area contributed by atoms with Gasteiger partial charge >= 0.3 is 0 Å². The Morgan fingerprint density at radius 2 is 1.85 bits per heavy atom. The van der Waals surface area contributed by atoms with Crippen molar-refractivity contribution in [1.82, 2.24) is 4.90 Å². The lowest BCUT2D eigenvalue weighted by atomic mass is 10.1. The summed E-state index contributed by atoms with van der Waals surface area (Å²) in [6.07, 6.45) is 0.144. The molecule has 0 fully saturated rings. The lowest BCUT2D eigenvalue weighted by molar-refractivity contribution is -0.119. The van der Waals surface area contributed by atoms with Crippen molar-refractivity contribution in [2.45, 2.75) is 19.4 Å². The highest BCUT2D eigenvalue weighted by Crippen LogP contribution is 2.31. The SMILES string of the molecule is CC1CC(=O)Nc2ccccc2N1C(=O)CN(C)C(=O)c1ccccc1F. The first kappa shape index (κ1) is 18.6. The van der Waals surface area contributed by atoms with Crippen molar-refractivity contribution in [3.05, 3.63) is 59.9 Å². The third kappa shape index (κ3) is 3.81.